The van der Waals surface area contributed by atoms with Crippen LogP contribution >= 0.6 is 11.6 Å². The van der Waals surface area contributed by atoms with E-state index in [1.807, 2.05) is 0 Å². The van der Waals surface area contributed by atoms with Gasteiger partial charge in [-0.25, -0.2) is 8.42 Å². The van der Waals surface area contributed by atoms with Gasteiger partial charge in [-0.05, 0) is 49.9 Å². The molecule has 156 valence electrons. The van der Waals surface area contributed by atoms with Gasteiger partial charge in [-0.3, -0.25) is 4.79 Å². The van der Waals surface area contributed by atoms with Crippen LogP contribution in [0, 0.1) is 5.92 Å². The van der Waals surface area contributed by atoms with E-state index in [4.69, 9.17) is 11.6 Å². The second-order valence-corrected chi connectivity index (χ2v) is 10.3. The molecule has 1 N–H and O–H groups in total. The highest BCUT2D eigenvalue weighted by Crippen LogP contribution is 2.27. The van der Waals surface area contributed by atoms with Gasteiger partial charge in [0.1, 0.15) is 0 Å². The van der Waals surface area contributed by atoms with Crippen LogP contribution < -0.4 is 5.32 Å². The Labute approximate surface area is 173 Å². The molecular weight excluding hydrogens is 396 g/mol. The highest BCUT2D eigenvalue weighted by Gasteiger charge is 2.34. The number of carbonyl (C=O) groups excluding carboxylic acids is 1. The number of halogens is 1. The molecule has 1 saturated heterocycles. The summed E-state index contributed by atoms with van der Waals surface area (Å²) < 4.78 is 27.8. The van der Waals surface area contributed by atoms with Gasteiger partial charge in [0.15, 0.2) is 0 Å². The number of nitrogens with one attached hydrogen (secondary N) is 1. The van der Waals surface area contributed by atoms with Crippen LogP contribution in [-0.4, -0.2) is 37.8 Å². The SMILES string of the molecule is O=C(NCC1CCCCN1S(=O)(=O)c1ccc(Cl)cc1)C1CCCCCCC1. The fraction of sp³-hybridized carbons (Fsp3) is 0.667. The van der Waals surface area contributed by atoms with Crippen LogP contribution in [0.3, 0.4) is 0 Å². The lowest BCUT2D eigenvalue weighted by Gasteiger charge is -2.35. The van der Waals surface area contributed by atoms with Crippen molar-refractivity contribution in [2.75, 3.05) is 13.1 Å². The molecule has 0 bridgehead atoms. The summed E-state index contributed by atoms with van der Waals surface area (Å²) in [6, 6.07) is 6.12. The van der Waals surface area contributed by atoms with Crippen LogP contribution in [0.5, 0.6) is 0 Å². The molecule has 1 aliphatic carbocycles. The Morgan fingerprint density at radius 3 is 2.25 bits per heavy atom. The number of hydrogen-bond donors (Lipinski definition) is 1. The van der Waals surface area contributed by atoms with Gasteiger partial charge in [0, 0.05) is 30.1 Å². The van der Waals surface area contributed by atoms with E-state index in [1.165, 1.54) is 19.3 Å². The molecule has 0 aromatic heterocycles. The zero-order valence-corrected chi connectivity index (χ0v) is 18.0. The number of rotatable bonds is 5. The Morgan fingerprint density at radius 1 is 0.964 bits per heavy atom. The van der Waals surface area contributed by atoms with Crippen molar-refractivity contribution in [2.24, 2.45) is 5.92 Å². The maximum atomic E-state index is 13.1. The van der Waals surface area contributed by atoms with Gasteiger partial charge in [-0.15, -0.1) is 0 Å². The topological polar surface area (TPSA) is 66.5 Å². The van der Waals surface area contributed by atoms with E-state index in [2.05, 4.69) is 5.32 Å². The third-order valence-electron chi connectivity index (χ3n) is 5.98. The van der Waals surface area contributed by atoms with Gasteiger partial charge >= 0.3 is 0 Å². The van der Waals surface area contributed by atoms with Crippen molar-refractivity contribution < 1.29 is 13.2 Å². The van der Waals surface area contributed by atoms with Crippen molar-refractivity contribution in [3.8, 4) is 0 Å². The van der Waals surface area contributed by atoms with Crippen molar-refractivity contribution >= 4 is 27.5 Å². The molecule has 1 aromatic carbocycles. The minimum atomic E-state index is -3.59. The maximum Gasteiger partial charge on any atom is 0.243 e. The van der Waals surface area contributed by atoms with Crippen LogP contribution in [0.4, 0.5) is 0 Å². The summed E-state index contributed by atoms with van der Waals surface area (Å²) in [5.41, 5.74) is 0. The minimum absolute atomic E-state index is 0.0743. The standard InChI is InChI=1S/C21H31ClN2O3S/c22-18-11-13-20(14-12-18)28(26,27)24-15-7-6-10-19(24)16-23-21(25)17-8-4-2-1-3-5-9-17/h11-14,17,19H,1-10,15-16H2,(H,23,25). The Balaban J connectivity index is 1.64. The molecule has 7 heteroatoms. The molecule has 1 saturated carbocycles. The molecule has 0 radical (unpaired) electrons. The normalized spacial score (nSPS) is 23.0. The van der Waals surface area contributed by atoms with Crippen LogP contribution in [-0.2, 0) is 14.8 Å². The second kappa shape index (κ2) is 10.1. The monoisotopic (exact) mass is 426 g/mol. The molecule has 3 rings (SSSR count). The smallest absolute Gasteiger partial charge is 0.243 e. The molecule has 0 spiro atoms. The first-order valence-electron chi connectivity index (χ1n) is 10.5. The van der Waals surface area contributed by atoms with Crippen LogP contribution in [0.25, 0.3) is 0 Å². The molecular formula is C21H31ClN2O3S. The molecule has 2 aliphatic rings. The lowest BCUT2D eigenvalue weighted by Crippen LogP contribution is -2.50. The first-order valence-corrected chi connectivity index (χ1v) is 12.4. The predicted octanol–water partition coefficient (Wildman–Crippen LogP) is 4.36. The summed E-state index contributed by atoms with van der Waals surface area (Å²) in [7, 11) is -3.59. The van der Waals surface area contributed by atoms with Crippen LogP contribution in [0.15, 0.2) is 29.2 Å². The average Bonchev–Trinajstić information content (AvgIpc) is 2.66. The maximum absolute atomic E-state index is 13.1. The predicted molar refractivity (Wildman–Crippen MR) is 112 cm³/mol. The molecule has 28 heavy (non-hydrogen) atoms. The molecule has 1 aromatic rings. The van der Waals surface area contributed by atoms with E-state index in [9.17, 15) is 13.2 Å². The van der Waals surface area contributed by atoms with E-state index < -0.39 is 10.0 Å². The molecule has 1 aliphatic heterocycles. The number of piperidine rings is 1. The Kier molecular flexibility index (Phi) is 7.77. The van der Waals surface area contributed by atoms with Gasteiger partial charge in [0.2, 0.25) is 15.9 Å². The highest BCUT2D eigenvalue weighted by molar-refractivity contribution is 7.89. The molecule has 1 unspecified atom stereocenters. The summed E-state index contributed by atoms with van der Waals surface area (Å²) in [5, 5.41) is 3.58. The average molecular weight is 427 g/mol. The van der Waals surface area contributed by atoms with Crippen molar-refractivity contribution in [1.29, 1.82) is 0 Å². The van der Waals surface area contributed by atoms with Gasteiger partial charge in [0.05, 0.1) is 4.90 Å². The third-order valence-corrected chi connectivity index (χ3v) is 8.20. The number of benzene rings is 1. The summed E-state index contributed by atoms with van der Waals surface area (Å²) in [5.74, 6) is 0.168. The molecule has 1 amide bonds. The third kappa shape index (κ3) is 5.49. The lowest BCUT2D eigenvalue weighted by atomic mass is 9.90. The minimum Gasteiger partial charge on any atom is -0.354 e. The van der Waals surface area contributed by atoms with Gasteiger partial charge in [-0.1, -0.05) is 50.1 Å². The van der Waals surface area contributed by atoms with Gasteiger partial charge in [0.25, 0.3) is 0 Å². The van der Waals surface area contributed by atoms with E-state index in [0.717, 1.165) is 44.9 Å². The summed E-state index contributed by atoms with van der Waals surface area (Å²) >= 11 is 5.90. The first kappa shape index (κ1) is 21.6. The van der Waals surface area contributed by atoms with Crippen molar-refractivity contribution in [3.05, 3.63) is 29.3 Å². The lowest BCUT2D eigenvalue weighted by molar-refractivity contribution is -0.125. The van der Waals surface area contributed by atoms with Crippen LogP contribution in [0.1, 0.15) is 64.2 Å². The second-order valence-electron chi connectivity index (χ2n) is 8.01. The molecule has 1 atom stereocenters. The Morgan fingerprint density at radius 2 is 1.57 bits per heavy atom. The fourth-order valence-corrected chi connectivity index (χ4v) is 6.14. The van der Waals surface area contributed by atoms with Crippen LogP contribution in [0.2, 0.25) is 5.02 Å². The largest absolute Gasteiger partial charge is 0.354 e. The quantitative estimate of drug-likeness (QED) is 0.760. The summed E-state index contributed by atoms with van der Waals surface area (Å²) in [6.07, 6.45) is 10.4. The van der Waals surface area contributed by atoms with E-state index in [0.29, 0.717) is 18.1 Å². The molecule has 2 fully saturated rings. The Hall–Kier alpha value is -1.11. The van der Waals surface area contributed by atoms with Crippen molar-refractivity contribution in [2.45, 2.75) is 75.1 Å². The number of amides is 1. The van der Waals surface area contributed by atoms with E-state index in [-0.39, 0.29) is 22.8 Å². The van der Waals surface area contributed by atoms with Crippen molar-refractivity contribution in [3.63, 3.8) is 0 Å². The van der Waals surface area contributed by atoms with E-state index >= 15 is 0 Å². The fourth-order valence-electron chi connectivity index (χ4n) is 4.32. The Bertz CT molecular complexity index is 743. The molecule has 5 nitrogen and oxygen atoms in total. The zero-order valence-electron chi connectivity index (χ0n) is 16.4. The summed E-state index contributed by atoms with van der Waals surface area (Å²) in [4.78, 5) is 12.9. The highest BCUT2D eigenvalue weighted by atomic mass is 35.5. The zero-order chi connectivity index (χ0) is 20.0. The first-order chi connectivity index (χ1) is 13.5. The van der Waals surface area contributed by atoms with Crippen molar-refractivity contribution in [1.82, 2.24) is 9.62 Å². The van der Waals surface area contributed by atoms with Gasteiger partial charge < -0.3 is 5.32 Å². The van der Waals surface area contributed by atoms with Gasteiger partial charge in [-0.2, -0.15) is 4.31 Å². The number of sulfonamides is 1. The number of nitrogens with zero attached hydrogens (tertiary/aromatic N) is 1. The molecule has 1 heterocycles. The van der Waals surface area contributed by atoms with E-state index in [1.54, 1.807) is 28.6 Å². The summed E-state index contributed by atoms with van der Waals surface area (Å²) in [6.45, 7) is 0.886. The number of hydrogen-bond acceptors (Lipinski definition) is 3. The number of carbonyl (C=O) groups is 1.